The van der Waals surface area contributed by atoms with E-state index in [-0.39, 0.29) is 43.5 Å². The van der Waals surface area contributed by atoms with E-state index in [4.69, 9.17) is 19.6 Å². The summed E-state index contributed by atoms with van der Waals surface area (Å²) in [4.78, 5) is 118. The number of ether oxygens (including phenoxy) is 2. The van der Waals surface area contributed by atoms with Crippen LogP contribution in [0, 0.1) is 12.7 Å². The normalized spacial score (nSPS) is 16.8. The molecule has 358 valence electrons. The largest absolute Gasteiger partial charge is 0.481 e. The fraction of sp³-hybridized carbons (Fsp3) is 0.391. The number of benzene rings is 2. The van der Waals surface area contributed by atoms with Crippen molar-refractivity contribution in [3.63, 3.8) is 0 Å². The number of cyclic esters (lactones) is 1. The number of hydrogen-bond donors (Lipinski definition) is 8. The Hall–Kier alpha value is -7.59. The van der Waals surface area contributed by atoms with Crippen LogP contribution in [0.2, 0.25) is 0 Å². The molecule has 2 aromatic heterocycles. The molecule has 0 spiro atoms. The summed E-state index contributed by atoms with van der Waals surface area (Å²) in [6.45, 7) is 0.479. The predicted octanol–water partition coefficient (Wildman–Crippen LogP) is -0.338. The second-order valence-electron chi connectivity index (χ2n) is 16.5. The number of fused-ring (bicyclic) bond motifs is 5. The van der Waals surface area contributed by atoms with Gasteiger partial charge in [-0.1, -0.05) is 37.3 Å². The Balaban J connectivity index is 0.944. The van der Waals surface area contributed by atoms with E-state index in [9.17, 15) is 48.3 Å². The third-order valence-corrected chi connectivity index (χ3v) is 12.1. The van der Waals surface area contributed by atoms with Crippen molar-refractivity contribution in [3.8, 4) is 11.4 Å². The highest BCUT2D eigenvalue weighted by atomic mass is 19.1. The Bertz CT molecular complexity index is 2800. The fourth-order valence-corrected chi connectivity index (χ4v) is 8.60. The fourth-order valence-electron chi connectivity index (χ4n) is 8.60. The van der Waals surface area contributed by atoms with Crippen LogP contribution in [0.3, 0.4) is 0 Å². The van der Waals surface area contributed by atoms with Crippen LogP contribution in [0.1, 0.15) is 77.6 Å². The van der Waals surface area contributed by atoms with Gasteiger partial charge in [-0.15, -0.1) is 0 Å². The number of nitrogens with zero attached hydrogens (tertiary/aromatic N) is 2. The third-order valence-electron chi connectivity index (χ3n) is 12.1. The molecule has 6 amide bonds. The first kappa shape index (κ1) is 48.3. The molecule has 4 aromatic rings. The second kappa shape index (κ2) is 20.5. The molecule has 0 saturated carbocycles. The Morgan fingerprint density at radius 2 is 1.62 bits per heavy atom. The minimum Gasteiger partial charge on any atom is -0.481 e. The van der Waals surface area contributed by atoms with E-state index in [1.54, 1.807) is 50.2 Å². The molecular formula is C46H49FN8O13. The summed E-state index contributed by atoms with van der Waals surface area (Å²) in [5.41, 5.74) is 1.81. The number of aliphatic hydroxyl groups is 1. The standard InChI is InChI=1S/C46H49FN8O13/c1-3-46(66)28-14-33-42-26(19-55(33)44(64)27(28)20-68-45(46)65)41-30(10-9-25-23(2)29(47)15-31(54-42)40(25)41)52-38(60)21-67-22-51-36(58)17-50-43(63)32(13-24-7-5-4-6-8-24)53-37(59)18-49-35(57)16-48-34(56)11-12-39(61)62/h4-8,14-15,30,32,66H,3,9-13,16-22H2,1-2H3,(H,48,56)(H,49,57)(H,50,63)(H,51,58)(H,52,60)(H,53,59)(H,61,62)/t30-,32-,46-/m0/s1. The number of esters is 1. The number of nitrogens with one attached hydrogen (secondary N) is 6. The van der Waals surface area contributed by atoms with E-state index in [1.807, 2.05) is 0 Å². The molecule has 2 aromatic carbocycles. The topological polar surface area (TPSA) is 303 Å². The lowest BCUT2D eigenvalue weighted by atomic mass is 9.81. The molecule has 1 aliphatic carbocycles. The molecule has 8 N–H and O–H groups in total. The molecule has 68 heavy (non-hydrogen) atoms. The van der Waals surface area contributed by atoms with Crippen LogP contribution in [0.4, 0.5) is 4.39 Å². The molecule has 0 saturated heterocycles. The molecule has 3 atom stereocenters. The van der Waals surface area contributed by atoms with Gasteiger partial charge in [0.2, 0.25) is 35.4 Å². The SMILES string of the molecule is CC[C@@]1(O)C(=O)OCc2c1cc1n(c2=O)Cc2c-1nc1cc(F)c(C)c3c1c2[C@@H](NC(=O)COCNC(=O)CNC(=O)[C@H](Cc1ccccc1)NC(=O)CNC(=O)CNC(=O)CCC(=O)O)CC3. The van der Waals surface area contributed by atoms with Crippen molar-refractivity contribution in [2.45, 2.75) is 83.2 Å². The number of aromatic nitrogens is 2. The smallest absolute Gasteiger partial charge is 0.343 e. The second-order valence-corrected chi connectivity index (χ2v) is 16.5. The molecule has 0 unspecified atom stereocenters. The van der Waals surface area contributed by atoms with Gasteiger partial charge in [0.05, 0.1) is 61.1 Å². The number of rotatable bonds is 19. The number of carboxylic acid groups (broad SMARTS) is 1. The van der Waals surface area contributed by atoms with E-state index in [0.717, 1.165) is 5.56 Å². The van der Waals surface area contributed by atoms with E-state index in [1.165, 1.54) is 10.6 Å². The molecule has 22 heteroatoms. The van der Waals surface area contributed by atoms with Crippen molar-refractivity contribution in [3.05, 3.63) is 97.6 Å². The lowest BCUT2D eigenvalue weighted by Gasteiger charge is -2.31. The summed E-state index contributed by atoms with van der Waals surface area (Å²) in [6.07, 6.45) is -0.00769. The van der Waals surface area contributed by atoms with Crippen molar-refractivity contribution in [2.24, 2.45) is 0 Å². The van der Waals surface area contributed by atoms with E-state index in [2.05, 4.69) is 31.9 Å². The number of carbonyl (C=O) groups is 8. The molecule has 7 rings (SSSR count). The van der Waals surface area contributed by atoms with Crippen LogP contribution in [0.25, 0.3) is 22.3 Å². The molecule has 3 aliphatic rings. The monoisotopic (exact) mass is 940 g/mol. The van der Waals surface area contributed by atoms with Gasteiger partial charge in [0.15, 0.2) is 5.60 Å². The van der Waals surface area contributed by atoms with Crippen molar-refractivity contribution in [1.82, 2.24) is 41.5 Å². The average molecular weight is 941 g/mol. The Labute approximate surface area is 386 Å². The number of aliphatic carboxylic acids is 1. The maximum absolute atomic E-state index is 15.3. The van der Waals surface area contributed by atoms with Gasteiger partial charge in [-0.05, 0) is 54.5 Å². The maximum atomic E-state index is 15.3. The summed E-state index contributed by atoms with van der Waals surface area (Å²) in [5.74, 6) is -6.63. The van der Waals surface area contributed by atoms with Crippen LogP contribution >= 0.6 is 0 Å². The van der Waals surface area contributed by atoms with Crippen LogP contribution in [0.15, 0.2) is 47.3 Å². The van der Waals surface area contributed by atoms with E-state index >= 15 is 4.39 Å². The minimum absolute atomic E-state index is 0.0247. The van der Waals surface area contributed by atoms with Gasteiger partial charge in [0.25, 0.3) is 5.56 Å². The molecule has 0 bridgehead atoms. The average Bonchev–Trinajstić information content (AvgIpc) is 3.69. The minimum atomic E-state index is -2.05. The summed E-state index contributed by atoms with van der Waals surface area (Å²) in [7, 11) is 0. The van der Waals surface area contributed by atoms with Gasteiger partial charge < -0.3 is 56.2 Å². The Morgan fingerprint density at radius 3 is 2.35 bits per heavy atom. The first-order chi connectivity index (χ1) is 32.5. The number of halogens is 1. The number of pyridine rings is 2. The molecule has 0 radical (unpaired) electrons. The van der Waals surface area contributed by atoms with Gasteiger partial charge in [-0.3, -0.25) is 38.4 Å². The lowest BCUT2D eigenvalue weighted by molar-refractivity contribution is -0.172. The first-order valence-corrected chi connectivity index (χ1v) is 21.8. The van der Waals surface area contributed by atoms with Gasteiger partial charge in [0, 0.05) is 35.4 Å². The molecule has 21 nitrogen and oxygen atoms in total. The van der Waals surface area contributed by atoms with Crippen molar-refractivity contribution < 1.29 is 62.4 Å². The lowest BCUT2D eigenvalue weighted by Crippen LogP contribution is -2.52. The van der Waals surface area contributed by atoms with Crippen LogP contribution in [-0.4, -0.2) is 106 Å². The first-order valence-electron chi connectivity index (χ1n) is 21.8. The number of carboxylic acids is 1. The Morgan fingerprint density at radius 1 is 0.912 bits per heavy atom. The van der Waals surface area contributed by atoms with Gasteiger partial charge in [-0.25, -0.2) is 14.2 Å². The predicted molar refractivity (Wildman–Crippen MR) is 235 cm³/mol. The summed E-state index contributed by atoms with van der Waals surface area (Å²) < 4.78 is 27.4. The zero-order chi connectivity index (χ0) is 48.9. The molecule has 0 fully saturated rings. The number of amides is 6. The van der Waals surface area contributed by atoms with Crippen LogP contribution in [0.5, 0.6) is 0 Å². The molecule has 2 aliphatic heterocycles. The quantitative estimate of drug-likeness (QED) is 0.0299. The highest BCUT2D eigenvalue weighted by Gasteiger charge is 2.46. The van der Waals surface area contributed by atoms with Crippen molar-refractivity contribution in [2.75, 3.05) is 33.0 Å². The van der Waals surface area contributed by atoms with Crippen molar-refractivity contribution in [1.29, 1.82) is 0 Å². The zero-order valence-electron chi connectivity index (χ0n) is 37.0. The van der Waals surface area contributed by atoms with Gasteiger partial charge in [0.1, 0.15) is 31.8 Å². The van der Waals surface area contributed by atoms with Crippen LogP contribution < -0.4 is 37.5 Å². The zero-order valence-corrected chi connectivity index (χ0v) is 37.0. The van der Waals surface area contributed by atoms with Crippen LogP contribution in [-0.2, 0) is 79.4 Å². The van der Waals surface area contributed by atoms with Gasteiger partial charge >= 0.3 is 11.9 Å². The number of hydrogen-bond acceptors (Lipinski definition) is 13. The molecule has 4 heterocycles. The third kappa shape index (κ3) is 10.3. The van der Waals surface area contributed by atoms with E-state index in [0.29, 0.717) is 57.4 Å². The number of aryl methyl sites for hydroxylation is 1. The highest BCUT2D eigenvalue weighted by molar-refractivity contribution is 5.95. The summed E-state index contributed by atoms with van der Waals surface area (Å²) >= 11 is 0. The Kier molecular flexibility index (Phi) is 14.6. The van der Waals surface area contributed by atoms with Crippen molar-refractivity contribution >= 4 is 58.3 Å². The summed E-state index contributed by atoms with van der Waals surface area (Å²) in [5, 5.41) is 35.6. The van der Waals surface area contributed by atoms with Gasteiger partial charge in [-0.2, -0.15) is 0 Å². The van der Waals surface area contributed by atoms with E-state index < -0.39 is 116 Å². The summed E-state index contributed by atoms with van der Waals surface area (Å²) in [6, 6.07) is 9.73. The number of carbonyl (C=O) groups excluding carboxylic acids is 7. The highest BCUT2D eigenvalue weighted by Crippen LogP contribution is 2.46. The maximum Gasteiger partial charge on any atom is 0.343 e. The molecular weight excluding hydrogens is 892 g/mol.